The van der Waals surface area contributed by atoms with Gasteiger partial charge in [0.15, 0.2) is 0 Å². The van der Waals surface area contributed by atoms with Crippen molar-refractivity contribution in [2.45, 2.75) is 0 Å². The second-order valence-electron chi connectivity index (χ2n) is 2.69. The van der Waals surface area contributed by atoms with E-state index < -0.39 is 17.2 Å². The quantitative estimate of drug-likeness (QED) is 0.240. The molecule has 0 aromatic heterocycles. The Bertz CT molecular complexity index is 392. The van der Waals surface area contributed by atoms with Crippen molar-refractivity contribution in [3.8, 4) is 0 Å². The number of aliphatic imine (C=N–C) groups is 1. The fraction of sp³-hybridized carbons (Fsp3) is 0. The Morgan fingerprint density at radius 1 is 1.19 bits per heavy atom. The van der Waals surface area contributed by atoms with Gasteiger partial charge in [-0.05, 0) is 12.1 Å². The fourth-order valence-corrected chi connectivity index (χ4v) is 0.865. The third-order valence-corrected chi connectivity index (χ3v) is 1.57. The number of amides is 2. The molecular formula is C8H10N4O4. The van der Waals surface area contributed by atoms with Gasteiger partial charge >= 0.3 is 6.03 Å². The van der Waals surface area contributed by atoms with Crippen LogP contribution in [0.4, 0.5) is 10.5 Å². The number of hydrogen-bond acceptors (Lipinski definition) is 5. The molecular weight excluding hydrogens is 216 g/mol. The molecule has 16 heavy (non-hydrogen) atoms. The number of benzene rings is 1. The van der Waals surface area contributed by atoms with Gasteiger partial charge in [-0.3, -0.25) is 15.6 Å². The molecule has 0 saturated heterocycles. The highest BCUT2D eigenvalue weighted by atomic mass is 16.8. The summed E-state index contributed by atoms with van der Waals surface area (Å²) < 4.78 is 0. The first-order chi connectivity index (χ1) is 7.52. The smallest absolute Gasteiger partial charge is 0.367 e. The third kappa shape index (κ3) is 2.92. The fourth-order valence-electron chi connectivity index (χ4n) is 0.865. The molecule has 5 N–H and O–H groups in total. The normalized spacial score (nSPS) is 11.1. The first kappa shape index (κ1) is 11.9. The summed E-state index contributed by atoms with van der Waals surface area (Å²) in [5.74, 6) is -0.593. The zero-order valence-corrected chi connectivity index (χ0v) is 8.06. The second-order valence-corrected chi connectivity index (χ2v) is 2.69. The van der Waals surface area contributed by atoms with Crippen LogP contribution in [-0.2, 0) is 0 Å². The molecule has 1 rings (SSSR count). The minimum absolute atomic E-state index is 0.201. The van der Waals surface area contributed by atoms with Crippen molar-refractivity contribution in [2.24, 2.45) is 10.7 Å². The molecule has 0 saturated carbocycles. The topological polar surface area (TPSA) is 123 Å². The maximum Gasteiger partial charge on any atom is 0.400 e. The lowest BCUT2D eigenvalue weighted by molar-refractivity contribution is -0.271. The Labute approximate surface area is 90.3 Å². The van der Waals surface area contributed by atoms with E-state index in [2.05, 4.69) is 4.99 Å². The van der Waals surface area contributed by atoms with E-state index in [4.69, 9.17) is 21.4 Å². The average molecular weight is 226 g/mol. The van der Waals surface area contributed by atoms with E-state index >= 15 is 0 Å². The summed E-state index contributed by atoms with van der Waals surface area (Å²) in [5, 5.41) is 24.7. The van der Waals surface area contributed by atoms with Crippen LogP contribution in [-0.4, -0.2) is 37.9 Å². The van der Waals surface area contributed by atoms with Crippen molar-refractivity contribution >= 4 is 17.7 Å². The molecule has 0 heterocycles. The molecule has 0 spiro atoms. The number of rotatable bonds is 1. The van der Waals surface area contributed by atoms with Crippen LogP contribution < -0.4 is 5.73 Å². The highest BCUT2D eigenvalue weighted by molar-refractivity contribution is 5.94. The van der Waals surface area contributed by atoms with Crippen LogP contribution in [0.15, 0.2) is 35.3 Å². The monoisotopic (exact) mass is 226 g/mol. The minimum Gasteiger partial charge on any atom is -0.367 e. The van der Waals surface area contributed by atoms with E-state index in [1.165, 1.54) is 0 Å². The molecule has 0 aliphatic heterocycles. The van der Waals surface area contributed by atoms with Gasteiger partial charge in [0.2, 0.25) is 5.96 Å². The summed E-state index contributed by atoms with van der Waals surface area (Å²) in [4.78, 5) is 14.5. The molecule has 0 aliphatic carbocycles. The van der Waals surface area contributed by atoms with Crippen LogP contribution in [0.3, 0.4) is 0 Å². The molecule has 1 aromatic rings. The van der Waals surface area contributed by atoms with Crippen LogP contribution in [0.25, 0.3) is 0 Å². The zero-order valence-electron chi connectivity index (χ0n) is 8.06. The second kappa shape index (κ2) is 5.07. The number of hydroxylamine groups is 4. The zero-order chi connectivity index (χ0) is 12.1. The molecule has 8 nitrogen and oxygen atoms in total. The van der Waals surface area contributed by atoms with E-state index in [-0.39, 0.29) is 5.06 Å². The van der Waals surface area contributed by atoms with Crippen LogP contribution in [0.5, 0.6) is 0 Å². The van der Waals surface area contributed by atoms with Gasteiger partial charge in [0.05, 0.1) is 5.69 Å². The molecule has 0 unspecified atom stereocenters. The van der Waals surface area contributed by atoms with Crippen molar-refractivity contribution in [1.29, 1.82) is 0 Å². The van der Waals surface area contributed by atoms with E-state index in [1.807, 2.05) is 0 Å². The van der Waals surface area contributed by atoms with Crippen molar-refractivity contribution in [2.75, 3.05) is 0 Å². The van der Waals surface area contributed by atoms with Gasteiger partial charge in [-0.2, -0.15) is 0 Å². The lowest BCUT2D eigenvalue weighted by atomic mass is 10.3. The number of carbonyl (C=O) groups is 1. The molecule has 0 fully saturated rings. The first-order valence-electron chi connectivity index (χ1n) is 4.12. The SMILES string of the molecule is NC(=Nc1ccccc1)N(O)C(=O)N(O)O. The molecule has 2 amide bonds. The van der Waals surface area contributed by atoms with E-state index in [1.54, 1.807) is 30.3 Å². The summed E-state index contributed by atoms with van der Waals surface area (Å²) >= 11 is 0. The lowest BCUT2D eigenvalue weighted by Gasteiger charge is -2.15. The first-order valence-corrected chi connectivity index (χ1v) is 4.12. The molecule has 86 valence electrons. The highest BCUT2D eigenvalue weighted by Crippen LogP contribution is 2.09. The number of guanidine groups is 1. The summed E-state index contributed by atoms with van der Waals surface area (Å²) in [6.45, 7) is 0. The molecule has 8 heteroatoms. The Kier molecular flexibility index (Phi) is 3.78. The van der Waals surface area contributed by atoms with E-state index in [0.717, 1.165) is 0 Å². The van der Waals surface area contributed by atoms with Crippen LogP contribution in [0, 0.1) is 0 Å². The van der Waals surface area contributed by atoms with Gasteiger partial charge in [0.25, 0.3) is 0 Å². The van der Waals surface area contributed by atoms with E-state index in [0.29, 0.717) is 5.69 Å². The van der Waals surface area contributed by atoms with Crippen LogP contribution >= 0.6 is 0 Å². The van der Waals surface area contributed by atoms with Gasteiger partial charge in [-0.25, -0.2) is 9.79 Å². The van der Waals surface area contributed by atoms with Crippen molar-refractivity contribution < 1.29 is 20.4 Å². The van der Waals surface area contributed by atoms with Crippen molar-refractivity contribution in [3.05, 3.63) is 30.3 Å². The van der Waals surface area contributed by atoms with Gasteiger partial charge in [-0.1, -0.05) is 23.4 Å². The molecule has 0 bridgehead atoms. The molecule has 0 atom stereocenters. The maximum absolute atomic E-state index is 10.8. The van der Waals surface area contributed by atoms with Gasteiger partial charge in [0, 0.05) is 0 Å². The maximum atomic E-state index is 10.8. The Morgan fingerprint density at radius 3 is 2.25 bits per heavy atom. The largest absolute Gasteiger partial charge is 0.400 e. The Hall–Kier alpha value is -2.16. The Morgan fingerprint density at radius 2 is 1.75 bits per heavy atom. The number of urea groups is 1. The standard InChI is InChI=1S/C8H10N4O4/c9-7(11(14)8(13)12(15)16)10-6-4-2-1-3-5-6/h1-5,14-16H,(H2,9,10). The van der Waals surface area contributed by atoms with Gasteiger partial charge < -0.3 is 5.73 Å². The van der Waals surface area contributed by atoms with Crippen molar-refractivity contribution in [3.63, 3.8) is 0 Å². The molecule has 1 aromatic carbocycles. The summed E-state index contributed by atoms with van der Waals surface area (Å²) in [6.07, 6.45) is 0. The third-order valence-electron chi connectivity index (χ3n) is 1.57. The van der Waals surface area contributed by atoms with Gasteiger partial charge in [0.1, 0.15) is 0 Å². The van der Waals surface area contributed by atoms with Crippen LogP contribution in [0.2, 0.25) is 0 Å². The van der Waals surface area contributed by atoms with E-state index in [9.17, 15) is 4.79 Å². The number of carbonyl (C=O) groups excluding carboxylic acids is 1. The van der Waals surface area contributed by atoms with Gasteiger partial charge in [-0.15, -0.1) is 5.06 Å². The number of hydrogen-bond donors (Lipinski definition) is 4. The predicted molar refractivity (Wildman–Crippen MR) is 52.2 cm³/mol. The molecule has 0 radical (unpaired) electrons. The summed E-state index contributed by atoms with van der Waals surface area (Å²) in [7, 11) is 0. The minimum atomic E-state index is -1.54. The summed E-state index contributed by atoms with van der Waals surface area (Å²) in [5.41, 5.74) is 5.64. The number of nitrogens with zero attached hydrogens (tertiary/aromatic N) is 3. The van der Waals surface area contributed by atoms with Crippen LogP contribution in [0.1, 0.15) is 0 Å². The Balaban J connectivity index is 2.82. The highest BCUT2D eigenvalue weighted by Gasteiger charge is 2.19. The molecule has 0 aliphatic rings. The predicted octanol–water partition coefficient (Wildman–Crippen LogP) is 0.524. The summed E-state index contributed by atoms with van der Waals surface area (Å²) in [6, 6.07) is 6.74. The number of para-hydroxylation sites is 1. The number of nitrogens with two attached hydrogens (primary N) is 1. The lowest BCUT2D eigenvalue weighted by Crippen LogP contribution is -2.45. The average Bonchev–Trinajstić information content (AvgIpc) is 2.28. The van der Waals surface area contributed by atoms with Crippen molar-refractivity contribution in [1.82, 2.24) is 10.3 Å².